The van der Waals surface area contributed by atoms with Gasteiger partial charge in [0.25, 0.3) is 0 Å². The minimum atomic E-state index is -0.237. The highest BCUT2D eigenvalue weighted by Gasteiger charge is 2.16. The molecule has 0 atom stereocenters. The maximum Gasteiger partial charge on any atom is 0.148 e. The Bertz CT molecular complexity index is 304. The lowest BCUT2D eigenvalue weighted by Gasteiger charge is -2.30. The van der Waals surface area contributed by atoms with Crippen molar-refractivity contribution in [2.75, 3.05) is 31.1 Å². The van der Waals surface area contributed by atoms with E-state index in [1.165, 1.54) is 6.07 Å². The average molecular weight is 215 g/mol. The molecular formula is C10H12ClFN2. The summed E-state index contributed by atoms with van der Waals surface area (Å²) in [5, 5.41) is 3.71. The van der Waals surface area contributed by atoms with E-state index in [9.17, 15) is 4.39 Å². The topological polar surface area (TPSA) is 15.3 Å². The summed E-state index contributed by atoms with van der Waals surface area (Å²) >= 11 is 5.96. The third-order valence-corrected chi connectivity index (χ3v) is 2.68. The third-order valence-electron chi connectivity index (χ3n) is 2.37. The molecule has 0 amide bonds. The van der Waals surface area contributed by atoms with Crippen molar-refractivity contribution >= 4 is 17.3 Å². The number of hydrogen-bond acceptors (Lipinski definition) is 2. The van der Waals surface area contributed by atoms with Crippen molar-refractivity contribution < 1.29 is 4.39 Å². The van der Waals surface area contributed by atoms with Gasteiger partial charge in [0.05, 0.1) is 10.7 Å². The fourth-order valence-corrected chi connectivity index (χ4v) is 1.96. The van der Waals surface area contributed by atoms with Crippen molar-refractivity contribution in [1.82, 2.24) is 5.32 Å². The first-order valence-corrected chi connectivity index (χ1v) is 5.06. The van der Waals surface area contributed by atoms with E-state index in [0.29, 0.717) is 10.7 Å². The van der Waals surface area contributed by atoms with Gasteiger partial charge >= 0.3 is 0 Å². The number of halogens is 2. The number of benzene rings is 1. The molecule has 0 spiro atoms. The maximum absolute atomic E-state index is 13.5. The lowest BCUT2D eigenvalue weighted by Crippen LogP contribution is -2.44. The molecule has 0 aliphatic carbocycles. The molecule has 2 nitrogen and oxygen atoms in total. The van der Waals surface area contributed by atoms with Gasteiger partial charge in [0.1, 0.15) is 5.82 Å². The molecule has 0 aromatic heterocycles. The highest BCUT2D eigenvalue weighted by molar-refractivity contribution is 6.33. The predicted octanol–water partition coefficient (Wildman–Crippen LogP) is 1.89. The fourth-order valence-electron chi connectivity index (χ4n) is 1.68. The van der Waals surface area contributed by atoms with E-state index in [1.807, 2.05) is 4.90 Å². The molecule has 76 valence electrons. The number of anilines is 1. The van der Waals surface area contributed by atoms with Gasteiger partial charge in [0.15, 0.2) is 0 Å². The van der Waals surface area contributed by atoms with E-state index >= 15 is 0 Å². The molecule has 14 heavy (non-hydrogen) atoms. The molecule has 1 saturated heterocycles. The Morgan fingerprint density at radius 2 is 2.00 bits per heavy atom. The molecule has 1 aromatic carbocycles. The zero-order valence-corrected chi connectivity index (χ0v) is 8.52. The van der Waals surface area contributed by atoms with Crippen LogP contribution in [0, 0.1) is 5.82 Å². The molecule has 2 rings (SSSR count). The lowest BCUT2D eigenvalue weighted by atomic mass is 10.2. The van der Waals surface area contributed by atoms with Crippen molar-refractivity contribution in [3.63, 3.8) is 0 Å². The van der Waals surface area contributed by atoms with Gasteiger partial charge in [-0.25, -0.2) is 4.39 Å². The van der Waals surface area contributed by atoms with Crippen molar-refractivity contribution in [3.8, 4) is 0 Å². The summed E-state index contributed by atoms with van der Waals surface area (Å²) in [7, 11) is 0. The molecule has 4 heteroatoms. The highest BCUT2D eigenvalue weighted by Crippen LogP contribution is 2.28. The van der Waals surface area contributed by atoms with E-state index in [-0.39, 0.29) is 5.82 Å². The van der Waals surface area contributed by atoms with E-state index in [1.54, 1.807) is 12.1 Å². The van der Waals surface area contributed by atoms with Crippen LogP contribution >= 0.6 is 11.6 Å². The third kappa shape index (κ3) is 1.83. The normalized spacial score (nSPS) is 17.1. The number of rotatable bonds is 1. The molecule has 1 heterocycles. The number of piperazine rings is 1. The summed E-state index contributed by atoms with van der Waals surface area (Å²) in [6.45, 7) is 3.37. The molecule has 1 fully saturated rings. The van der Waals surface area contributed by atoms with Crippen LogP contribution in [0.15, 0.2) is 18.2 Å². The molecule has 0 saturated carbocycles. The van der Waals surface area contributed by atoms with Crippen molar-refractivity contribution in [3.05, 3.63) is 29.0 Å². The maximum atomic E-state index is 13.5. The first-order chi connectivity index (χ1) is 6.79. The van der Waals surface area contributed by atoms with Crippen molar-refractivity contribution in [2.45, 2.75) is 0 Å². The van der Waals surface area contributed by atoms with Crippen LogP contribution in [0.5, 0.6) is 0 Å². The summed E-state index contributed by atoms with van der Waals surface area (Å²) in [5.41, 5.74) is 0.538. The van der Waals surface area contributed by atoms with Crippen LogP contribution < -0.4 is 10.2 Å². The summed E-state index contributed by atoms with van der Waals surface area (Å²) in [6, 6.07) is 4.80. The molecular weight excluding hydrogens is 203 g/mol. The van der Waals surface area contributed by atoms with E-state index < -0.39 is 0 Å². The predicted molar refractivity (Wildman–Crippen MR) is 56.5 cm³/mol. The van der Waals surface area contributed by atoms with Crippen molar-refractivity contribution in [1.29, 1.82) is 0 Å². The molecule has 1 aliphatic heterocycles. The van der Waals surface area contributed by atoms with Gasteiger partial charge in [-0.15, -0.1) is 0 Å². The van der Waals surface area contributed by atoms with E-state index in [4.69, 9.17) is 11.6 Å². The Morgan fingerprint density at radius 3 is 2.64 bits per heavy atom. The van der Waals surface area contributed by atoms with Crippen LogP contribution in [0.3, 0.4) is 0 Å². The average Bonchev–Trinajstić information content (AvgIpc) is 2.19. The molecule has 0 unspecified atom stereocenters. The molecule has 1 aliphatic rings. The number of hydrogen-bond donors (Lipinski definition) is 1. The van der Waals surface area contributed by atoms with Crippen LogP contribution in [-0.4, -0.2) is 26.2 Å². The smallest absolute Gasteiger partial charge is 0.148 e. The SMILES string of the molecule is Fc1cccc(Cl)c1N1CCNCC1. The second kappa shape index (κ2) is 4.15. The molecule has 1 aromatic rings. The largest absolute Gasteiger partial charge is 0.365 e. The minimum Gasteiger partial charge on any atom is -0.365 e. The quantitative estimate of drug-likeness (QED) is 0.768. The van der Waals surface area contributed by atoms with Crippen LogP contribution in [0.4, 0.5) is 10.1 Å². The first kappa shape index (κ1) is 9.74. The van der Waals surface area contributed by atoms with Gasteiger partial charge in [-0.05, 0) is 12.1 Å². The van der Waals surface area contributed by atoms with E-state index in [0.717, 1.165) is 26.2 Å². The van der Waals surface area contributed by atoms with E-state index in [2.05, 4.69) is 5.32 Å². The minimum absolute atomic E-state index is 0.237. The number of para-hydroxylation sites is 1. The summed E-state index contributed by atoms with van der Waals surface area (Å²) < 4.78 is 13.5. The standard InChI is InChI=1S/C10H12ClFN2/c11-8-2-1-3-9(12)10(8)14-6-4-13-5-7-14/h1-3,13H,4-7H2. The lowest BCUT2D eigenvalue weighted by molar-refractivity contribution is 0.566. The highest BCUT2D eigenvalue weighted by atomic mass is 35.5. The molecule has 1 N–H and O–H groups in total. The zero-order valence-electron chi connectivity index (χ0n) is 7.76. The summed E-state index contributed by atoms with van der Waals surface area (Å²) in [6.07, 6.45) is 0. The molecule has 0 bridgehead atoms. The Labute approximate surface area is 87.7 Å². The van der Waals surface area contributed by atoms with Crippen LogP contribution in [0.1, 0.15) is 0 Å². The van der Waals surface area contributed by atoms with Gasteiger partial charge in [-0.1, -0.05) is 17.7 Å². The Balaban J connectivity index is 2.29. The Morgan fingerprint density at radius 1 is 1.29 bits per heavy atom. The molecule has 0 radical (unpaired) electrons. The van der Waals surface area contributed by atoms with Gasteiger partial charge in [0.2, 0.25) is 0 Å². The first-order valence-electron chi connectivity index (χ1n) is 4.69. The van der Waals surface area contributed by atoms with Gasteiger partial charge in [-0.3, -0.25) is 0 Å². The Kier molecular flexibility index (Phi) is 2.89. The fraction of sp³-hybridized carbons (Fsp3) is 0.400. The van der Waals surface area contributed by atoms with Gasteiger partial charge < -0.3 is 10.2 Å². The second-order valence-electron chi connectivity index (χ2n) is 3.31. The van der Waals surface area contributed by atoms with Gasteiger partial charge in [-0.2, -0.15) is 0 Å². The van der Waals surface area contributed by atoms with Crippen molar-refractivity contribution in [2.24, 2.45) is 0 Å². The summed E-state index contributed by atoms with van der Waals surface area (Å²) in [4.78, 5) is 1.98. The van der Waals surface area contributed by atoms with Crippen LogP contribution in [0.25, 0.3) is 0 Å². The zero-order chi connectivity index (χ0) is 9.97. The van der Waals surface area contributed by atoms with Gasteiger partial charge in [0, 0.05) is 26.2 Å². The number of nitrogens with one attached hydrogen (secondary N) is 1. The second-order valence-corrected chi connectivity index (χ2v) is 3.71. The monoisotopic (exact) mass is 214 g/mol. The van der Waals surface area contributed by atoms with Crippen LogP contribution in [0.2, 0.25) is 5.02 Å². The summed E-state index contributed by atoms with van der Waals surface area (Å²) in [5.74, 6) is -0.237. The van der Waals surface area contributed by atoms with Crippen LogP contribution in [-0.2, 0) is 0 Å². The Hall–Kier alpha value is -0.800. The number of nitrogens with zero attached hydrogens (tertiary/aromatic N) is 1.